The van der Waals surface area contributed by atoms with Crippen molar-refractivity contribution in [3.05, 3.63) is 29.6 Å². The minimum Gasteiger partial charge on any atom is -0.445 e. The Kier molecular flexibility index (Phi) is 5.70. The number of benzene rings is 1. The Balaban J connectivity index is 0.00000196. The Bertz CT molecular complexity index is 377. The molecule has 0 fully saturated rings. The molecule has 0 spiro atoms. The van der Waals surface area contributed by atoms with Gasteiger partial charge in [0.2, 0.25) is 0 Å². The molecule has 0 aromatic heterocycles. The summed E-state index contributed by atoms with van der Waals surface area (Å²) < 4.78 is 49.4. The Morgan fingerprint density at radius 2 is 1.80 bits per heavy atom. The van der Waals surface area contributed by atoms with E-state index in [2.05, 4.69) is 0 Å². The maximum Gasteiger partial charge on any atom is 1.00 e. The van der Waals surface area contributed by atoms with Crippen molar-refractivity contribution in [1.82, 2.24) is 0 Å². The van der Waals surface area contributed by atoms with E-state index in [1.807, 2.05) is 0 Å². The largest absolute Gasteiger partial charge is 1.00 e. The molecule has 0 unspecified atom stereocenters. The molecule has 0 bridgehead atoms. The number of carbonyl (C=O) groups excluding carboxylic acids is 1. The van der Waals surface area contributed by atoms with E-state index in [-0.39, 0.29) is 51.4 Å². The van der Waals surface area contributed by atoms with E-state index in [1.165, 1.54) is 0 Å². The monoisotopic (exact) mass is 244 g/mol. The van der Waals surface area contributed by atoms with E-state index in [0.717, 1.165) is 6.92 Å². The van der Waals surface area contributed by atoms with Crippen LogP contribution in [0.1, 0.15) is 17.3 Å². The summed E-state index contributed by atoms with van der Waals surface area (Å²) in [7, 11) is 0. The van der Waals surface area contributed by atoms with E-state index < -0.39 is 29.6 Å². The van der Waals surface area contributed by atoms with Crippen LogP contribution in [0.15, 0.2) is 18.2 Å². The van der Waals surface area contributed by atoms with Gasteiger partial charge in [-0.2, -0.15) is 0 Å². The number of halogens is 4. The topological polar surface area (TPSA) is 17.1 Å². The van der Waals surface area contributed by atoms with Crippen molar-refractivity contribution in [2.75, 3.05) is 0 Å². The SMILES string of the molecule is CC(=O)c1cc([B-](F)(F)F)ccc1F.[K+]. The number of hydrogen-bond acceptors (Lipinski definition) is 1. The van der Waals surface area contributed by atoms with Gasteiger partial charge in [-0.1, -0.05) is 12.1 Å². The van der Waals surface area contributed by atoms with Crippen molar-refractivity contribution in [1.29, 1.82) is 0 Å². The van der Waals surface area contributed by atoms with Crippen molar-refractivity contribution < 1.29 is 73.5 Å². The van der Waals surface area contributed by atoms with Crippen molar-refractivity contribution in [3.8, 4) is 0 Å². The second-order valence-corrected chi connectivity index (χ2v) is 2.87. The van der Waals surface area contributed by atoms with Crippen LogP contribution in [0, 0.1) is 5.82 Å². The standard InChI is InChI=1S/C8H6BF4O.K/c1-5(14)7-4-6(9(11,12)13)2-3-8(7)10;/h2-4H,1H3;/q-1;+1. The third-order valence-corrected chi connectivity index (χ3v) is 1.75. The van der Waals surface area contributed by atoms with Crippen molar-refractivity contribution in [3.63, 3.8) is 0 Å². The first-order valence-corrected chi connectivity index (χ1v) is 3.82. The average molecular weight is 244 g/mol. The van der Waals surface area contributed by atoms with Crippen LogP contribution in [0.2, 0.25) is 0 Å². The minimum absolute atomic E-state index is 0. The molecule has 0 saturated heterocycles. The predicted octanol–water partition coefficient (Wildman–Crippen LogP) is -0.913. The fourth-order valence-corrected chi connectivity index (χ4v) is 1.02. The van der Waals surface area contributed by atoms with Crippen LogP contribution >= 0.6 is 0 Å². The molecule has 1 aromatic carbocycles. The zero-order valence-corrected chi connectivity index (χ0v) is 11.4. The van der Waals surface area contributed by atoms with Crippen LogP contribution in [0.25, 0.3) is 0 Å². The molecule has 0 saturated carbocycles. The molecule has 0 aliphatic rings. The van der Waals surface area contributed by atoms with Crippen LogP contribution < -0.4 is 56.8 Å². The second-order valence-electron chi connectivity index (χ2n) is 2.87. The van der Waals surface area contributed by atoms with E-state index in [9.17, 15) is 22.1 Å². The summed E-state index contributed by atoms with van der Waals surface area (Å²) in [5, 5.41) is 0. The summed E-state index contributed by atoms with van der Waals surface area (Å²) >= 11 is 0. The van der Waals surface area contributed by atoms with Crippen LogP contribution in [-0.2, 0) is 0 Å². The maximum absolute atomic E-state index is 12.8. The van der Waals surface area contributed by atoms with Gasteiger partial charge in [0, 0.05) is 0 Å². The Labute approximate surface area is 127 Å². The molecule has 15 heavy (non-hydrogen) atoms. The van der Waals surface area contributed by atoms with Gasteiger partial charge in [-0.3, -0.25) is 4.79 Å². The molecule has 0 aliphatic carbocycles. The molecular weight excluding hydrogens is 238 g/mol. The van der Waals surface area contributed by atoms with Crippen molar-refractivity contribution in [2.45, 2.75) is 6.92 Å². The summed E-state index contributed by atoms with van der Waals surface area (Å²) in [5.74, 6) is -1.65. The second kappa shape index (κ2) is 5.58. The molecule has 0 heterocycles. The first-order chi connectivity index (χ1) is 6.32. The molecular formula is C8H6BF4KO. The molecule has 1 nitrogen and oxygen atoms in total. The number of hydrogen-bond donors (Lipinski definition) is 0. The zero-order chi connectivity index (χ0) is 10.9. The van der Waals surface area contributed by atoms with E-state index in [0.29, 0.717) is 18.2 Å². The van der Waals surface area contributed by atoms with Gasteiger partial charge < -0.3 is 12.9 Å². The van der Waals surface area contributed by atoms with E-state index in [1.54, 1.807) is 0 Å². The molecule has 0 radical (unpaired) electrons. The summed E-state index contributed by atoms with van der Waals surface area (Å²) in [6, 6.07) is 1.82. The number of ketones is 1. The predicted molar refractivity (Wildman–Crippen MR) is 45.1 cm³/mol. The Morgan fingerprint density at radius 1 is 1.27 bits per heavy atom. The fraction of sp³-hybridized carbons (Fsp3) is 0.125. The average Bonchev–Trinajstić information content (AvgIpc) is 2.02. The van der Waals surface area contributed by atoms with E-state index in [4.69, 9.17) is 0 Å². The molecule has 7 heteroatoms. The Morgan fingerprint density at radius 3 is 2.20 bits per heavy atom. The first kappa shape index (κ1) is 15.3. The van der Waals surface area contributed by atoms with Crippen molar-refractivity contribution in [2.24, 2.45) is 0 Å². The quantitative estimate of drug-likeness (QED) is 0.374. The molecule has 1 aromatic rings. The minimum atomic E-state index is -5.19. The number of Topliss-reactive ketones (excluding diaryl/α,β-unsaturated/α-hetero) is 1. The molecule has 0 atom stereocenters. The van der Waals surface area contributed by atoms with Crippen LogP contribution in [0.4, 0.5) is 17.3 Å². The molecule has 1 rings (SSSR count). The third-order valence-electron chi connectivity index (χ3n) is 1.75. The van der Waals surface area contributed by atoms with Crippen LogP contribution in [0.5, 0.6) is 0 Å². The summed E-state index contributed by atoms with van der Waals surface area (Å²) in [5.41, 5.74) is -1.49. The fourth-order valence-electron chi connectivity index (χ4n) is 1.02. The maximum atomic E-state index is 12.8. The van der Waals surface area contributed by atoms with Crippen LogP contribution in [-0.4, -0.2) is 12.8 Å². The van der Waals surface area contributed by atoms with Gasteiger partial charge in [0.15, 0.2) is 5.78 Å². The van der Waals surface area contributed by atoms with Gasteiger partial charge in [-0.15, -0.1) is 5.46 Å². The zero-order valence-electron chi connectivity index (χ0n) is 8.23. The summed E-state index contributed by atoms with van der Waals surface area (Å²) in [6.07, 6.45) is 0. The van der Waals surface area contributed by atoms with Gasteiger partial charge in [0.1, 0.15) is 5.82 Å². The number of carbonyl (C=O) groups is 1. The molecule has 76 valence electrons. The summed E-state index contributed by atoms with van der Waals surface area (Å²) in [6.45, 7) is -4.17. The normalized spacial score (nSPS) is 10.7. The third kappa shape index (κ3) is 3.99. The van der Waals surface area contributed by atoms with Crippen LogP contribution in [0.3, 0.4) is 0 Å². The molecule has 0 amide bonds. The summed E-state index contributed by atoms with van der Waals surface area (Å²) in [4.78, 5) is 10.7. The molecule has 0 aliphatic heterocycles. The van der Waals surface area contributed by atoms with Gasteiger partial charge in [0.05, 0.1) is 5.56 Å². The van der Waals surface area contributed by atoms with Gasteiger partial charge in [-0.25, -0.2) is 4.39 Å². The molecule has 0 N–H and O–H groups in total. The smallest absolute Gasteiger partial charge is 0.445 e. The Hall–Kier alpha value is 0.311. The first-order valence-electron chi connectivity index (χ1n) is 3.82. The van der Waals surface area contributed by atoms with E-state index >= 15 is 0 Å². The van der Waals surface area contributed by atoms with Gasteiger partial charge in [-0.05, 0) is 13.0 Å². The van der Waals surface area contributed by atoms with Gasteiger partial charge >= 0.3 is 58.4 Å². The van der Waals surface area contributed by atoms with Gasteiger partial charge in [0.25, 0.3) is 0 Å². The van der Waals surface area contributed by atoms with Crippen molar-refractivity contribution >= 4 is 18.2 Å². The number of rotatable bonds is 2.